The van der Waals surface area contributed by atoms with Crippen LogP contribution in [0.15, 0.2) is 6.07 Å². The summed E-state index contributed by atoms with van der Waals surface area (Å²) < 4.78 is 25.6. The fourth-order valence-corrected chi connectivity index (χ4v) is 6.61. The zero-order valence-electron chi connectivity index (χ0n) is 18.3. The first kappa shape index (κ1) is 21.2. The van der Waals surface area contributed by atoms with E-state index < -0.39 is 9.84 Å². The number of fused-ring (bicyclic) bond motifs is 1. The number of anilines is 1. The van der Waals surface area contributed by atoms with Crippen molar-refractivity contribution in [2.75, 3.05) is 29.5 Å². The van der Waals surface area contributed by atoms with Crippen LogP contribution in [0.4, 0.5) is 5.13 Å². The third-order valence-corrected chi connectivity index (χ3v) is 8.78. The van der Waals surface area contributed by atoms with E-state index in [9.17, 15) is 8.42 Å². The fourth-order valence-electron chi connectivity index (χ4n) is 4.21. The number of hydrogen-bond donors (Lipinski definition) is 0. The topological polar surface area (TPSA) is 80.5 Å². The molecule has 0 aliphatic carbocycles. The molecule has 4 heterocycles. The number of aromatic nitrogens is 4. The first-order valence-electron chi connectivity index (χ1n) is 10.5. The summed E-state index contributed by atoms with van der Waals surface area (Å²) in [5.74, 6) is 0.835. The second-order valence-corrected chi connectivity index (χ2v) is 11.4. The average Bonchev–Trinajstić information content (AvgIpc) is 3.21. The Labute approximate surface area is 182 Å². The van der Waals surface area contributed by atoms with Crippen LogP contribution >= 0.6 is 11.3 Å². The minimum Gasteiger partial charge on any atom is -0.346 e. The van der Waals surface area contributed by atoms with E-state index in [0.717, 1.165) is 51.3 Å². The van der Waals surface area contributed by atoms with Gasteiger partial charge in [-0.2, -0.15) is 5.10 Å². The molecule has 9 heteroatoms. The molecule has 4 rings (SSSR count). The molecule has 162 valence electrons. The molecule has 1 aliphatic rings. The molecule has 0 amide bonds. The van der Waals surface area contributed by atoms with Crippen molar-refractivity contribution in [2.45, 2.75) is 53.4 Å². The first-order chi connectivity index (χ1) is 14.2. The SMILES string of the molecule is CCC(CC)c1cc(C)nn2c(-c3sc(N4CCS(=O)(=O)CC4)nc3C)c(C)nc12. The highest BCUT2D eigenvalue weighted by Crippen LogP contribution is 2.38. The minimum atomic E-state index is -2.92. The quantitative estimate of drug-likeness (QED) is 0.590. The third-order valence-electron chi connectivity index (χ3n) is 5.95. The number of aryl methyl sites for hydroxylation is 3. The molecular formula is C21H29N5O2S2. The molecule has 30 heavy (non-hydrogen) atoms. The van der Waals surface area contributed by atoms with Crippen LogP contribution in [0.25, 0.3) is 16.2 Å². The molecular weight excluding hydrogens is 418 g/mol. The van der Waals surface area contributed by atoms with E-state index in [4.69, 9.17) is 15.1 Å². The van der Waals surface area contributed by atoms with Gasteiger partial charge in [0.2, 0.25) is 0 Å². The summed E-state index contributed by atoms with van der Waals surface area (Å²) in [6, 6.07) is 2.17. The summed E-state index contributed by atoms with van der Waals surface area (Å²) in [7, 11) is -2.92. The van der Waals surface area contributed by atoms with Gasteiger partial charge in [-0.3, -0.25) is 0 Å². The largest absolute Gasteiger partial charge is 0.346 e. The van der Waals surface area contributed by atoms with Crippen molar-refractivity contribution in [1.82, 2.24) is 19.6 Å². The number of imidazole rings is 1. The van der Waals surface area contributed by atoms with E-state index in [0.29, 0.717) is 19.0 Å². The Hall–Kier alpha value is -2.00. The lowest BCUT2D eigenvalue weighted by Gasteiger charge is -2.25. The van der Waals surface area contributed by atoms with Gasteiger partial charge < -0.3 is 4.90 Å². The van der Waals surface area contributed by atoms with E-state index in [1.54, 1.807) is 11.3 Å². The summed E-state index contributed by atoms with van der Waals surface area (Å²) in [6.07, 6.45) is 2.14. The highest BCUT2D eigenvalue weighted by Gasteiger charge is 2.27. The maximum absolute atomic E-state index is 11.8. The third kappa shape index (κ3) is 3.73. The molecule has 0 radical (unpaired) electrons. The van der Waals surface area contributed by atoms with Crippen LogP contribution < -0.4 is 4.90 Å². The standard InChI is InChI=1S/C21H29N5O2S2/c1-6-16(7-2)17-12-13(3)24-26-18(14(4)22-20(17)26)19-15(5)23-21(29-19)25-8-10-30(27,28)11-9-25/h12,16H,6-11H2,1-5H3. The maximum atomic E-state index is 11.8. The van der Waals surface area contributed by atoms with E-state index >= 15 is 0 Å². The molecule has 0 bridgehead atoms. The van der Waals surface area contributed by atoms with E-state index in [-0.39, 0.29) is 11.5 Å². The lowest BCUT2D eigenvalue weighted by atomic mass is 9.95. The second-order valence-electron chi connectivity index (χ2n) is 8.09. The van der Waals surface area contributed by atoms with Gasteiger partial charge in [0, 0.05) is 18.7 Å². The lowest BCUT2D eigenvalue weighted by Crippen LogP contribution is -2.40. The average molecular weight is 448 g/mol. The molecule has 1 aliphatic heterocycles. The number of nitrogens with zero attached hydrogens (tertiary/aromatic N) is 5. The summed E-state index contributed by atoms with van der Waals surface area (Å²) >= 11 is 1.60. The lowest BCUT2D eigenvalue weighted by molar-refractivity contribution is 0.586. The monoisotopic (exact) mass is 447 g/mol. The van der Waals surface area contributed by atoms with Crippen molar-refractivity contribution in [3.05, 3.63) is 28.7 Å². The van der Waals surface area contributed by atoms with Crippen LogP contribution in [-0.2, 0) is 9.84 Å². The van der Waals surface area contributed by atoms with Gasteiger partial charge in [0.05, 0.1) is 33.5 Å². The molecule has 0 spiro atoms. The fraction of sp³-hybridized carbons (Fsp3) is 0.571. The smallest absolute Gasteiger partial charge is 0.186 e. The molecule has 0 atom stereocenters. The Morgan fingerprint density at radius 3 is 2.37 bits per heavy atom. The summed E-state index contributed by atoms with van der Waals surface area (Å²) in [6.45, 7) is 11.5. The van der Waals surface area contributed by atoms with Crippen molar-refractivity contribution in [1.29, 1.82) is 0 Å². The molecule has 0 aromatic carbocycles. The molecule has 7 nitrogen and oxygen atoms in total. The van der Waals surface area contributed by atoms with Crippen LogP contribution in [0.3, 0.4) is 0 Å². The normalized spacial score (nSPS) is 16.7. The summed E-state index contributed by atoms with van der Waals surface area (Å²) in [5.41, 5.74) is 6.03. The van der Waals surface area contributed by atoms with Gasteiger partial charge in [-0.25, -0.2) is 22.9 Å². The second kappa shape index (κ2) is 7.92. The Bertz CT molecular complexity index is 1180. The van der Waals surface area contributed by atoms with Gasteiger partial charge in [-0.15, -0.1) is 0 Å². The molecule has 3 aromatic heterocycles. The van der Waals surface area contributed by atoms with Gasteiger partial charge >= 0.3 is 0 Å². The van der Waals surface area contributed by atoms with Crippen molar-refractivity contribution >= 4 is 32.0 Å². The van der Waals surface area contributed by atoms with Crippen LogP contribution in [0.1, 0.15) is 55.3 Å². The van der Waals surface area contributed by atoms with Crippen molar-refractivity contribution in [3.8, 4) is 10.6 Å². The molecule has 0 N–H and O–H groups in total. The van der Waals surface area contributed by atoms with Gasteiger partial charge in [0.15, 0.2) is 20.6 Å². The Balaban J connectivity index is 1.81. The zero-order valence-corrected chi connectivity index (χ0v) is 19.9. The summed E-state index contributed by atoms with van der Waals surface area (Å²) in [4.78, 5) is 12.8. The number of sulfone groups is 1. The van der Waals surface area contributed by atoms with E-state index in [1.807, 2.05) is 25.3 Å². The molecule has 0 unspecified atom stereocenters. The molecule has 1 fully saturated rings. The minimum absolute atomic E-state index is 0.190. The van der Waals surface area contributed by atoms with Gasteiger partial charge in [-0.1, -0.05) is 25.2 Å². The van der Waals surface area contributed by atoms with E-state index in [2.05, 4.69) is 24.8 Å². The van der Waals surface area contributed by atoms with Crippen LogP contribution in [0, 0.1) is 20.8 Å². The Kier molecular flexibility index (Phi) is 5.61. The van der Waals surface area contributed by atoms with Gasteiger partial charge in [-0.05, 0) is 45.6 Å². The number of hydrogen-bond acceptors (Lipinski definition) is 7. The van der Waals surface area contributed by atoms with Crippen molar-refractivity contribution in [2.24, 2.45) is 0 Å². The summed E-state index contributed by atoms with van der Waals surface area (Å²) in [5, 5.41) is 5.68. The van der Waals surface area contributed by atoms with Crippen LogP contribution in [-0.4, -0.2) is 52.6 Å². The van der Waals surface area contributed by atoms with E-state index in [1.165, 1.54) is 5.56 Å². The Morgan fingerprint density at radius 2 is 1.73 bits per heavy atom. The highest BCUT2D eigenvalue weighted by molar-refractivity contribution is 7.91. The molecule has 3 aromatic rings. The van der Waals surface area contributed by atoms with Gasteiger partial charge in [0.25, 0.3) is 0 Å². The zero-order chi connectivity index (χ0) is 21.6. The molecule has 1 saturated heterocycles. The van der Waals surface area contributed by atoms with Crippen LogP contribution in [0.5, 0.6) is 0 Å². The highest BCUT2D eigenvalue weighted by atomic mass is 32.2. The Morgan fingerprint density at radius 1 is 1.07 bits per heavy atom. The van der Waals surface area contributed by atoms with Crippen molar-refractivity contribution < 1.29 is 8.42 Å². The predicted octanol–water partition coefficient (Wildman–Crippen LogP) is 3.92. The number of rotatable bonds is 5. The first-order valence-corrected chi connectivity index (χ1v) is 13.2. The molecule has 0 saturated carbocycles. The maximum Gasteiger partial charge on any atom is 0.186 e. The van der Waals surface area contributed by atoms with Gasteiger partial charge in [0.1, 0.15) is 5.69 Å². The predicted molar refractivity (Wildman–Crippen MR) is 122 cm³/mol. The number of thiazole rings is 1. The van der Waals surface area contributed by atoms with Crippen LogP contribution in [0.2, 0.25) is 0 Å². The van der Waals surface area contributed by atoms with Crippen molar-refractivity contribution in [3.63, 3.8) is 0 Å².